The highest BCUT2D eigenvalue weighted by atomic mass is 32.2. The number of nitrogens with zero attached hydrogens (tertiary/aromatic N) is 1. The zero-order valence-electron chi connectivity index (χ0n) is 18.8. The Bertz CT molecular complexity index is 1170. The van der Waals surface area contributed by atoms with Crippen LogP contribution in [0.25, 0.3) is 11.1 Å². The number of hydrogen-bond donors (Lipinski definition) is 1. The van der Waals surface area contributed by atoms with Crippen molar-refractivity contribution < 1.29 is 23.9 Å². The standard InChI is InChI=1S/C24H24N2O5S2/c1-5-30-24(29)20-19(16-10-8-14(2)9-11-16)15(3)33-22(20)26-18(27)13-31-23(28)17-7-6-12-25-21(17)32-4/h6-12H,5,13H2,1-4H3,(H,26,27). The Morgan fingerprint density at radius 2 is 1.79 bits per heavy atom. The van der Waals surface area contributed by atoms with Crippen LogP contribution in [0.4, 0.5) is 5.00 Å². The van der Waals surface area contributed by atoms with E-state index in [9.17, 15) is 14.4 Å². The molecular weight excluding hydrogens is 460 g/mol. The van der Waals surface area contributed by atoms with E-state index in [1.807, 2.05) is 38.1 Å². The van der Waals surface area contributed by atoms with Crippen molar-refractivity contribution in [1.29, 1.82) is 0 Å². The molecule has 0 bridgehead atoms. The average molecular weight is 485 g/mol. The van der Waals surface area contributed by atoms with Crippen LogP contribution in [0.5, 0.6) is 0 Å². The van der Waals surface area contributed by atoms with Crippen LogP contribution >= 0.6 is 23.1 Å². The Labute approximate surface area is 200 Å². The van der Waals surface area contributed by atoms with Gasteiger partial charge in [0.25, 0.3) is 5.91 Å². The predicted molar refractivity (Wildman–Crippen MR) is 130 cm³/mol. The summed E-state index contributed by atoms with van der Waals surface area (Å²) >= 11 is 2.58. The van der Waals surface area contributed by atoms with Gasteiger partial charge < -0.3 is 14.8 Å². The first-order valence-electron chi connectivity index (χ1n) is 10.2. The number of carbonyl (C=O) groups is 3. The first kappa shape index (κ1) is 24.5. The van der Waals surface area contributed by atoms with Crippen molar-refractivity contribution in [3.8, 4) is 11.1 Å². The molecule has 9 heteroatoms. The molecule has 1 N–H and O–H groups in total. The van der Waals surface area contributed by atoms with Crippen LogP contribution in [0.15, 0.2) is 47.6 Å². The zero-order valence-corrected chi connectivity index (χ0v) is 20.4. The topological polar surface area (TPSA) is 94.6 Å². The van der Waals surface area contributed by atoms with Gasteiger partial charge in [0, 0.05) is 16.6 Å². The summed E-state index contributed by atoms with van der Waals surface area (Å²) in [5.74, 6) is -1.72. The van der Waals surface area contributed by atoms with Gasteiger partial charge in [0.1, 0.15) is 15.6 Å². The fourth-order valence-electron chi connectivity index (χ4n) is 3.18. The normalized spacial score (nSPS) is 10.5. The van der Waals surface area contributed by atoms with Gasteiger partial charge >= 0.3 is 11.9 Å². The van der Waals surface area contributed by atoms with Crippen molar-refractivity contribution in [3.05, 3.63) is 64.2 Å². The minimum atomic E-state index is -0.643. The van der Waals surface area contributed by atoms with Gasteiger partial charge in [0.2, 0.25) is 0 Å². The Morgan fingerprint density at radius 3 is 2.45 bits per heavy atom. The fourth-order valence-corrected chi connectivity index (χ4v) is 4.80. The van der Waals surface area contributed by atoms with Crippen molar-refractivity contribution in [2.45, 2.75) is 25.8 Å². The molecule has 0 aliphatic rings. The third kappa shape index (κ3) is 5.80. The molecule has 33 heavy (non-hydrogen) atoms. The maximum Gasteiger partial charge on any atom is 0.341 e. The van der Waals surface area contributed by atoms with Gasteiger partial charge in [0.05, 0.1) is 12.2 Å². The molecule has 172 valence electrons. The summed E-state index contributed by atoms with van der Waals surface area (Å²) in [4.78, 5) is 42.7. The highest BCUT2D eigenvalue weighted by Crippen LogP contribution is 2.40. The third-order valence-electron chi connectivity index (χ3n) is 4.68. The summed E-state index contributed by atoms with van der Waals surface area (Å²) in [6.45, 7) is 5.29. The maximum atomic E-state index is 12.8. The maximum absolute atomic E-state index is 12.8. The molecule has 0 fully saturated rings. The molecule has 1 amide bonds. The van der Waals surface area contributed by atoms with Gasteiger partial charge in [0.15, 0.2) is 6.61 Å². The SMILES string of the molecule is CCOC(=O)c1c(NC(=O)COC(=O)c2cccnc2SC)sc(C)c1-c1ccc(C)cc1. The number of thiophene rings is 1. The number of pyridine rings is 1. The van der Waals surface area contributed by atoms with Gasteiger partial charge in [-0.2, -0.15) is 0 Å². The van der Waals surface area contributed by atoms with Crippen molar-refractivity contribution in [2.24, 2.45) is 0 Å². The lowest BCUT2D eigenvalue weighted by atomic mass is 10.0. The number of benzene rings is 1. The average Bonchev–Trinajstić information content (AvgIpc) is 3.13. The van der Waals surface area contributed by atoms with E-state index < -0.39 is 24.5 Å². The summed E-state index contributed by atoms with van der Waals surface area (Å²) in [7, 11) is 0. The van der Waals surface area contributed by atoms with Crippen LogP contribution in [-0.2, 0) is 14.3 Å². The summed E-state index contributed by atoms with van der Waals surface area (Å²) < 4.78 is 10.4. The Morgan fingerprint density at radius 1 is 1.06 bits per heavy atom. The molecule has 0 aliphatic heterocycles. The largest absolute Gasteiger partial charge is 0.462 e. The number of ether oxygens (including phenoxy) is 2. The number of aromatic nitrogens is 1. The van der Waals surface area contributed by atoms with Gasteiger partial charge in [-0.25, -0.2) is 14.6 Å². The molecule has 0 saturated heterocycles. The molecule has 0 aliphatic carbocycles. The number of anilines is 1. The number of nitrogens with one attached hydrogen (secondary N) is 1. The van der Waals surface area contributed by atoms with E-state index in [-0.39, 0.29) is 6.61 Å². The molecule has 2 heterocycles. The highest BCUT2D eigenvalue weighted by Gasteiger charge is 2.26. The second kappa shape index (κ2) is 11.1. The minimum Gasteiger partial charge on any atom is -0.462 e. The number of carbonyl (C=O) groups excluding carboxylic acids is 3. The Balaban J connectivity index is 1.81. The number of thioether (sulfide) groups is 1. The lowest BCUT2D eigenvalue weighted by molar-refractivity contribution is -0.119. The van der Waals surface area contributed by atoms with Crippen molar-refractivity contribution in [3.63, 3.8) is 0 Å². The van der Waals surface area contributed by atoms with Crippen molar-refractivity contribution >= 4 is 45.9 Å². The third-order valence-corrected chi connectivity index (χ3v) is 6.41. The lowest BCUT2D eigenvalue weighted by Crippen LogP contribution is -2.22. The molecule has 2 aromatic heterocycles. The van der Waals surface area contributed by atoms with Crippen LogP contribution < -0.4 is 5.32 Å². The van der Waals surface area contributed by atoms with Crippen molar-refractivity contribution in [2.75, 3.05) is 24.8 Å². The van der Waals surface area contributed by atoms with E-state index in [1.54, 1.807) is 31.5 Å². The van der Waals surface area contributed by atoms with E-state index in [0.717, 1.165) is 16.0 Å². The van der Waals surface area contributed by atoms with E-state index >= 15 is 0 Å². The molecule has 0 saturated carbocycles. The summed E-state index contributed by atoms with van der Waals surface area (Å²) in [5.41, 5.74) is 3.24. The zero-order chi connectivity index (χ0) is 24.0. The number of aryl methyl sites for hydroxylation is 2. The van der Waals surface area contributed by atoms with E-state index in [4.69, 9.17) is 9.47 Å². The fraction of sp³-hybridized carbons (Fsp3) is 0.250. The molecule has 3 aromatic rings. The molecule has 0 radical (unpaired) electrons. The number of rotatable bonds is 8. The summed E-state index contributed by atoms with van der Waals surface area (Å²) in [6, 6.07) is 11.0. The second-order valence-electron chi connectivity index (χ2n) is 7.01. The first-order valence-corrected chi connectivity index (χ1v) is 12.2. The minimum absolute atomic E-state index is 0.203. The van der Waals surface area contributed by atoms with Crippen LogP contribution in [0, 0.1) is 13.8 Å². The molecule has 7 nitrogen and oxygen atoms in total. The molecule has 0 atom stereocenters. The number of esters is 2. The predicted octanol–water partition coefficient (Wildman–Crippen LogP) is 5.12. The van der Waals surface area contributed by atoms with Gasteiger partial charge in [-0.05, 0) is 44.7 Å². The van der Waals surface area contributed by atoms with Crippen LogP contribution in [0.3, 0.4) is 0 Å². The first-order chi connectivity index (χ1) is 15.8. The molecule has 0 unspecified atom stereocenters. The molecular formula is C24H24N2O5S2. The summed E-state index contributed by atoms with van der Waals surface area (Å²) in [5, 5.41) is 3.58. The Hall–Kier alpha value is -3.17. The van der Waals surface area contributed by atoms with Crippen LogP contribution in [-0.4, -0.2) is 42.3 Å². The van der Waals surface area contributed by atoms with Crippen LogP contribution in [0.2, 0.25) is 0 Å². The Kier molecular flexibility index (Phi) is 8.24. The van der Waals surface area contributed by atoms with E-state index in [2.05, 4.69) is 10.3 Å². The van der Waals surface area contributed by atoms with E-state index in [1.165, 1.54) is 23.1 Å². The molecule has 1 aromatic carbocycles. The van der Waals surface area contributed by atoms with Gasteiger partial charge in [-0.3, -0.25) is 4.79 Å². The molecule has 3 rings (SSSR count). The smallest absolute Gasteiger partial charge is 0.341 e. The van der Waals surface area contributed by atoms with E-state index in [0.29, 0.717) is 26.7 Å². The van der Waals surface area contributed by atoms with Crippen molar-refractivity contribution in [1.82, 2.24) is 4.98 Å². The number of amides is 1. The quantitative estimate of drug-likeness (QED) is 0.350. The second-order valence-corrected chi connectivity index (χ2v) is 9.03. The molecule has 0 spiro atoms. The van der Waals surface area contributed by atoms with Crippen LogP contribution in [0.1, 0.15) is 38.1 Å². The summed E-state index contributed by atoms with van der Waals surface area (Å²) in [6.07, 6.45) is 3.38. The monoisotopic (exact) mass is 484 g/mol. The number of hydrogen-bond acceptors (Lipinski definition) is 8. The lowest BCUT2D eigenvalue weighted by Gasteiger charge is -2.10. The highest BCUT2D eigenvalue weighted by molar-refractivity contribution is 7.98. The van der Waals surface area contributed by atoms with Gasteiger partial charge in [-0.1, -0.05) is 29.8 Å². The van der Waals surface area contributed by atoms with Gasteiger partial charge in [-0.15, -0.1) is 23.1 Å².